The van der Waals surface area contributed by atoms with Crippen molar-refractivity contribution in [3.05, 3.63) is 17.6 Å². The summed E-state index contributed by atoms with van der Waals surface area (Å²) in [5, 5.41) is 0.854. The number of hydrogen-bond donors (Lipinski definition) is 0. The predicted molar refractivity (Wildman–Crippen MR) is 34.7 cm³/mol. The smallest absolute Gasteiger partial charge is 0.151 e. The molecule has 2 nitrogen and oxygen atoms in total. The summed E-state index contributed by atoms with van der Waals surface area (Å²) in [6, 6.07) is 0. The molecule has 0 aromatic carbocycles. The molecule has 0 unspecified atom stereocenters. The van der Waals surface area contributed by atoms with Crippen molar-refractivity contribution in [1.82, 2.24) is 0 Å². The van der Waals surface area contributed by atoms with Gasteiger partial charge in [0.2, 0.25) is 0 Å². The molecule has 0 saturated heterocycles. The maximum atomic E-state index is 4.76. The van der Waals surface area contributed by atoms with Gasteiger partial charge in [0.05, 0.1) is 0 Å². The predicted octanol–water partition coefficient (Wildman–Crippen LogP) is 1.36. The Hall–Kier alpha value is -0.660. The highest BCUT2D eigenvalue weighted by atomic mass is 32.2. The lowest BCUT2D eigenvalue weighted by Gasteiger charge is -1.95. The van der Waals surface area contributed by atoms with Crippen molar-refractivity contribution in [1.29, 1.82) is 0 Å². The summed E-state index contributed by atoms with van der Waals surface area (Å²) < 4.78 is 4.76. The van der Waals surface area contributed by atoms with Gasteiger partial charge in [-0.25, -0.2) is 0 Å². The van der Waals surface area contributed by atoms with E-state index >= 15 is 0 Å². The van der Waals surface area contributed by atoms with Gasteiger partial charge >= 0.3 is 0 Å². The quantitative estimate of drug-likeness (QED) is 0.530. The van der Waals surface area contributed by atoms with Crippen molar-refractivity contribution >= 4 is 17.6 Å². The van der Waals surface area contributed by atoms with Crippen LogP contribution in [0, 0.1) is 0 Å². The molecule has 0 aliphatic carbocycles. The van der Waals surface area contributed by atoms with Crippen molar-refractivity contribution in [3.8, 4) is 0 Å². The largest absolute Gasteiger partial charge is 0.460 e. The first kappa shape index (κ1) is 5.48. The van der Waals surface area contributed by atoms with Crippen molar-refractivity contribution in [2.24, 2.45) is 4.99 Å². The second-order valence-corrected chi connectivity index (χ2v) is 1.98. The van der Waals surface area contributed by atoms with E-state index in [1.165, 1.54) is 18.0 Å². The third kappa shape index (κ3) is 1.15. The molecule has 0 atom stereocenters. The van der Waals surface area contributed by atoms with Crippen LogP contribution in [0.15, 0.2) is 22.5 Å². The minimum absolute atomic E-state index is 0.854. The molecule has 0 spiro atoms. The number of nitrogens with zero attached hydrogens (tertiary/aromatic N) is 1. The van der Waals surface area contributed by atoms with Crippen LogP contribution in [-0.4, -0.2) is 12.1 Å². The Bertz CT molecular complexity index is 167. The Labute approximate surface area is 51.9 Å². The fourth-order valence-electron chi connectivity index (χ4n) is 0.333. The molecule has 0 fully saturated rings. The normalized spacial score (nSPS) is 15.4. The monoisotopic (exact) mass is 127 g/mol. The van der Waals surface area contributed by atoms with Crippen LogP contribution in [-0.2, 0) is 4.74 Å². The average Bonchev–Trinajstić information content (AvgIpc) is 1.90. The summed E-state index contributed by atoms with van der Waals surface area (Å²) in [5.74, 6) is 2.57. The van der Waals surface area contributed by atoms with E-state index in [4.69, 9.17) is 4.74 Å². The zero-order valence-corrected chi connectivity index (χ0v) is 5.23. The van der Waals surface area contributed by atoms with Crippen LogP contribution in [0.25, 0.3) is 0 Å². The van der Waals surface area contributed by atoms with Crippen LogP contribution in [0.2, 0.25) is 0 Å². The maximum absolute atomic E-state index is 4.76. The molecule has 0 saturated carbocycles. The molecular weight excluding hydrogens is 122 g/mol. The molecule has 0 amide bonds. The van der Waals surface area contributed by atoms with Crippen molar-refractivity contribution < 1.29 is 4.74 Å². The van der Waals surface area contributed by atoms with Crippen molar-refractivity contribution in [3.63, 3.8) is 0 Å². The van der Waals surface area contributed by atoms with Gasteiger partial charge in [0.25, 0.3) is 0 Å². The molecule has 1 aliphatic heterocycles. The number of rotatable bonds is 1. The van der Waals surface area contributed by atoms with Crippen LogP contribution in [0.1, 0.15) is 0 Å². The molecule has 8 heavy (non-hydrogen) atoms. The Morgan fingerprint density at radius 2 is 2.75 bits per heavy atom. The first-order valence-corrected chi connectivity index (χ1v) is 3.33. The van der Waals surface area contributed by atoms with Gasteiger partial charge in [0.1, 0.15) is 11.3 Å². The van der Waals surface area contributed by atoms with Gasteiger partial charge in [-0.05, 0) is 6.26 Å². The zero-order valence-electron chi connectivity index (χ0n) is 4.42. The standard InChI is InChI=1S/C5H5NOS/c1-8-5-4-7-3-2-6-5/h3-4H,1H3. The van der Waals surface area contributed by atoms with E-state index < -0.39 is 0 Å². The van der Waals surface area contributed by atoms with Gasteiger partial charge in [-0.2, -0.15) is 4.99 Å². The summed E-state index contributed by atoms with van der Waals surface area (Å²) in [7, 11) is 0. The molecule has 0 N–H and O–H groups in total. The summed E-state index contributed by atoms with van der Waals surface area (Å²) >= 11 is 1.53. The summed E-state index contributed by atoms with van der Waals surface area (Å²) in [4.78, 5) is 3.84. The molecular formula is C5H5NOS. The summed E-state index contributed by atoms with van der Waals surface area (Å²) in [6.07, 6.45) is 4.94. The number of hydrogen-bond acceptors (Lipinski definition) is 3. The lowest BCUT2D eigenvalue weighted by atomic mass is 10.9. The van der Waals surface area contributed by atoms with E-state index in [9.17, 15) is 0 Å². The van der Waals surface area contributed by atoms with E-state index in [2.05, 4.69) is 10.9 Å². The van der Waals surface area contributed by atoms with Gasteiger partial charge in [-0.3, -0.25) is 0 Å². The topological polar surface area (TPSA) is 21.6 Å². The lowest BCUT2D eigenvalue weighted by Crippen LogP contribution is -1.77. The fraction of sp³-hybridized carbons (Fsp3) is 0.200. The lowest BCUT2D eigenvalue weighted by molar-refractivity contribution is 0.403. The van der Waals surface area contributed by atoms with Gasteiger partial charge in [0.15, 0.2) is 6.26 Å². The van der Waals surface area contributed by atoms with Crippen molar-refractivity contribution in [2.75, 3.05) is 6.26 Å². The number of ether oxygens (including phenoxy) is 1. The van der Waals surface area contributed by atoms with Gasteiger partial charge in [0, 0.05) is 5.87 Å². The van der Waals surface area contributed by atoms with Gasteiger partial charge < -0.3 is 4.74 Å². The summed E-state index contributed by atoms with van der Waals surface area (Å²) in [5.41, 5.74) is 0. The Balaban J connectivity index is 2.68. The SMILES string of the molecule is CSC1=COC=C=N1. The molecule has 1 heterocycles. The fourth-order valence-corrected chi connectivity index (χ4v) is 0.629. The molecule has 1 aliphatic rings. The van der Waals surface area contributed by atoms with Gasteiger partial charge in [-0.15, -0.1) is 11.8 Å². The Morgan fingerprint density at radius 1 is 1.88 bits per heavy atom. The van der Waals surface area contributed by atoms with Crippen LogP contribution in [0.5, 0.6) is 0 Å². The third-order valence-electron chi connectivity index (χ3n) is 0.673. The van der Waals surface area contributed by atoms with Crippen LogP contribution >= 0.6 is 11.8 Å². The first-order chi connectivity index (χ1) is 3.93. The highest BCUT2D eigenvalue weighted by Gasteiger charge is 1.90. The van der Waals surface area contributed by atoms with E-state index in [1.807, 2.05) is 6.26 Å². The van der Waals surface area contributed by atoms with E-state index in [0.29, 0.717) is 0 Å². The minimum atomic E-state index is 0.854. The molecule has 42 valence electrons. The highest BCUT2D eigenvalue weighted by molar-refractivity contribution is 8.02. The average molecular weight is 127 g/mol. The first-order valence-electron chi connectivity index (χ1n) is 2.11. The minimum Gasteiger partial charge on any atom is -0.460 e. The second kappa shape index (κ2) is 2.60. The zero-order chi connectivity index (χ0) is 5.82. The van der Waals surface area contributed by atoms with E-state index in [-0.39, 0.29) is 0 Å². The Morgan fingerprint density at radius 3 is 3.12 bits per heavy atom. The maximum Gasteiger partial charge on any atom is 0.151 e. The molecule has 0 aromatic rings. The summed E-state index contributed by atoms with van der Waals surface area (Å²) in [6.45, 7) is 0. The van der Waals surface area contributed by atoms with Crippen molar-refractivity contribution in [2.45, 2.75) is 0 Å². The molecule has 3 heteroatoms. The number of thioether (sulfide) groups is 1. The number of aliphatic imine (C=N–C) groups is 1. The van der Waals surface area contributed by atoms with Gasteiger partial charge in [-0.1, -0.05) is 0 Å². The van der Waals surface area contributed by atoms with E-state index in [1.54, 1.807) is 6.26 Å². The molecule has 0 bridgehead atoms. The molecule has 0 aromatic heterocycles. The highest BCUT2D eigenvalue weighted by Crippen LogP contribution is 2.12. The Kier molecular flexibility index (Phi) is 1.78. The molecule has 1 rings (SSSR count). The van der Waals surface area contributed by atoms with E-state index in [0.717, 1.165) is 5.03 Å². The third-order valence-corrected chi connectivity index (χ3v) is 1.28. The second-order valence-electron chi connectivity index (χ2n) is 1.16. The van der Waals surface area contributed by atoms with Crippen LogP contribution < -0.4 is 0 Å². The molecule has 0 radical (unpaired) electrons. The van der Waals surface area contributed by atoms with Crippen LogP contribution in [0.4, 0.5) is 0 Å². The van der Waals surface area contributed by atoms with Crippen LogP contribution in [0.3, 0.4) is 0 Å².